The van der Waals surface area contributed by atoms with Crippen molar-refractivity contribution in [1.29, 1.82) is 0 Å². The van der Waals surface area contributed by atoms with Gasteiger partial charge in [0.2, 0.25) is 5.91 Å². The maximum atomic E-state index is 12.8. The summed E-state index contributed by atoms with van der Waals surface area (Å²) in [7, 11) is 0. The highest BCUT2D eigenvalue weighted by atomic mass is 79.9. The van der Waals surface area contributed by atoms with Crippen LogP contribution in [0, 0.1) is 0 Å². The molecule has 0 aromatic heterocycles. The molecule has 1 heterocycles. The molecule has 5 heteroatoms. The van der Waals surface area contributed by atoms with Gasteiger partial charge in [-0.05, 0) is 61.2 Å². The Kier molecular flexibility index (Phi) is 5.53. The third-order valence-electron chi connectivity index (χ3n) is 4.54. The van der Waals surface area contributed by atoms with Crippen LogP contribution in [0.3, 0.4) is 0 Å². The molecule has 0 spiro atoms. The number of nitrogens with zero attached hydrogens (tertiary/aromatic N) is 1. The number of halogens is 1. The number of rotatable bonds is 4. The van der Waals surface area contributed by atoms with E-state index in [1.807, 2.05) is 48.5 Å². The molecule has 1 aliphatic rings. The summed E-state index contributed by atoms with van der Waals surface area (Å²) in [5.41, 5.74) is 2.57. The number of hydrogen-bond acceptors (Lipinski definition) is 2. The number of anilines is 1. The minimum Gasteiger partial charge on any atom is -0.327 e. The summed E-state index contributed by atoms with van der Waals surface area (Å²) in [6, 6.07) is 14.7. The second-order valence-electron chi connectivity index (χ2n) is 6.20. The molecular formula is C20H21BrN2O2. The summed E-state index contributed by atoms with van der Waals surface area (Å²) in [6.07, 6.45) is 2.48. The molecule has 0 bridgehead atoms. The van der Waals surface area contributed by atoms with Crippen molar-refractivity contribution in [2.24, 2.45) is 0 Å². The van der Waals surface area contributed by atoms with E-state index in [-0.39, 0.29) is 11.8 Å². The van der Waals surface area contributed by atoms with E-state index in [0.29, 0.717) is 18.5 Å². The number of hydrogen-bond donors (Lipinski definition) is 1. The van der Waals surface area contributed by atoms with Crippen LogP contribution in [0.15, 0.2) is 53.0 Å². The molecule has 130 valence electrons. The second kappa shape index (κ2) is 7.83. The van der Waals surface area contributed by atoms with Gasteiger partial charge in [-0.15, -0.1) is 0 Å². The molecule has 2 amide bonds. The van der Waals surface area contributed by atoms with Gasteiger partial charge in [-0.3, -0.25) is 9.59 Å². The van der Waals surface area contributed by atoms with E-state index in [1.54, 1.807) is 4.90 Å². The van der Waals surface area contributed by atoms with Crippen LogP contribution in [-0.2, 0) is 11.2 Å². The fraction of sp³-hybridized carbons (Fsp3) is 0.300. The SMILES string of the molecule is CCc1ccc(C(=O)N2CCC[C@H]2C(=O)Nc2ccc(Br)cc2)cc1. The number of likely N-dealkylation sites (tertiary alicyclic amines) is 1. The molecule has 0 unspecified atom stereocenters. The molecule has 3 rings (SSSR count). The van der Waals surface area contributed by atoms with Crippen LogP contribution >= 0.6 is 15.9 Å². The number of aryl methyl sites for hydroxylation is 1. The first-order valence-electron chi connectivity index (χ1n) is 8.55. The standard InChI is InChI=1S/C20H21BrN2O2/c1-2-14-5-7-15(8-6-14)20(25)23-13-3-4-18(23)19(24)22-17-11-9-16(21)10-12-17/h5-12,18H,2-4,13H2,1H3,(H,22,24)/t18-/m0/s1. The van der Waals surface area contributed by atoms with E-state index in [0.717, 1.165) is 23.0 Å². The van der Waals surface area contributed by atoms with Crippen molar-refractivity contribution >= 4 is 33.4 Å². The van der Waals surface area contributed by atoms with Gasteiger partial charge < -0.3 is 10.2 Å². The van der Waals surface area contributed by atoms with E-state index in [4.69, 9.17) is 0 Å². The maximum Gasteiger partial charge on any atom is 0.254 e. The summed E-state index contributed by atoms with van der Waals surface area (Å²) in [4.78, 5) is 27.1. The zero-order chi connectivity index (χ0) is 17.8. The molecule has 1 fully saturated rings. The van der Waals surface area contributed by atoms with E-state index in [1.165, 1.54) is 5.56 Å². The maximum absolute atomic E-state index is 12.8. The van der Waals surface area contributed by atoms with Crippen molar-refractivity contribution in [3.8, 4) is 0 Å². The molecule has 2 aromatic rings. The Labute approximate surface area is 156 Å². The average Bonchev–Trinajstić information content (AvgIpc) is 3.13. The van der Waals surface area contributed by atoms with Crippen molar-refractivity contribution in [2.75, 3.05) is 11.9 Å². The minimum absolute atomic E-state index is 0.0730. The summed E-state index contributed by atoms with van der Waals surface area (Å²) >= 11 is 3.38. The lowest BCUT2D eigenvalue weighted by Crippen LogP contribution is -2.43. The molecule has 1 N–H and O–H groups in total. The van der Waals surface area contributed by atoms with Crippen molar-refractivity contribution in [3.05, 3.63) is 64.1 Å². The van der Waals surface area contributed by atoms with Crippen LogP contribution in [-0.4, -0.2) is 29.3 Å². The lowest BCUT2D eigenvalue weighted by molar-refractivity contribution is -0.119. The minimum atomic E-state index is -0.415. The predicted octanol–water partition coefficient (Wildman–Crippen LogP) is 4.25. The van der Waals surface area contributed by atoms with Gasteiger partial charge in [0, 0.05) is 22.3 Å². The highest BCUT2D eigenvalue weighted by Gasteiger charge is 2.34. The number of benzene rings is 2. The monoisotopic (exact) mass is 400 g/mol. The van der Waals surface area contributed by atoms with Gasteiger partial charge in [-0.2, -0.15) is 0 Å². The molecule has 0 saturated carbocycles. The normalized spacial score (nSPS) is 16.7. The van der Waals surface area contributed by atoms with Crippen molar-refractivity contribution in [1.82, 2.24) is 4.90 Å². The van der Waals surface area contributed by atoms with Crippen LogP contribution in [0.4, 0.5) is 5.69 Å². The number of amides is 2. The fourth-order valence-electron chi connectivity index (χ4n) is 3.09. The number of nitrogens with one attached hydrogen (secondary N) is 1. The summed E-state index contributed by atoms with van der Waals surface area (Å²) in [5.74, 6) is -0.200. The summed E-state index contributed by atoms with van der Waals surface area (Å²) < 4.78 is 0.957. The van der Waals surface area contributed by atoms with Gasteiger partial charge in [0.15, 0.2) is 0 Å². The third kappa shape index (κ3) is 4.10. The molecule has 1 aliphatic heterocycles. The zero-order valence-electron chi connectivity index (χ0n) is 14.2. The van der Waals surface area contributed by atoms with Crippen molar-refractivity contribution in [3.63, 3.8) is 0 Å². The second-order valence-corrected chi connectivity index (χ2v) is 7.12. The first-order chi connectivity index (χ1) is 12.1. The highest BCUT2D eigenvalue weighted by Crippen LogP contribution is 2.22. The Morgan fingerprint density at radius 3 is 2.44 bits per heavy atom. The van der Waals surface area contributed by atoms with Gasteiger partial charge in [-0.25, -0.2) is 0 Å². The smallest absolute Gasteiger partial charge is 0.254 e. The van der Waals surface area contributed by atoms with Crippen LogP contribution in [0.25, 0.3) is 0 Å². The van der Waals surface area contributed by atoms with Gasteiger partial charge in [-0.1, -0.05) is 35.0 Å². The van der Waals surface area contributed by atoms with Crippen LogP contribution in [0.1, 0.15) is 35.7 Å². The highest BCUT2D eigenvalue weighted by molar-refractivity contribution is 9.10. The van der Waals surface area contributed by atoms with E-state index >= 15 is 0 Å². The molecule has 2 aromatic carbocycles. The zero-order valence-corrected chi connectivity index (χ0v) is 15.8. The molecule has 25 heavy (non-hydrogen) atoms. The van der Waals surface area contributed by atoms with Gasteiger partial charge in [0.05, 0.1) is 0 Å². The lowest BCUT2D eigenvalue weighted by atomic mass is 10.1. The van der Waals surface area contributed by atoms with Crippen molar-refractivity contribution < 1.29 is 9.59 Å². The molecule has 4 nitrogen and oxygen atoms in total. The van der Waals surface area contributed by atoms with E-state index < -0.39 is 6.04 Å². The predicted molar refractivity (Wildman–Crippen MR) is 103 cm³/mol. The molecular weight excluding hydrogens is 380 g/mol. The summed E-state index contributed by atoms with van der Waals surface area (Å²) in [5, 5.41) is 2.91. The number of carbonyl (C=O) groups is 2. The molecule has 0 aliphatic carbocycles. The fourth-order valence-corrected chi connectivity index (χ4v) is 3.35. The van der Waals surface area contributed by atoms with Gasteiger partial charge >= 0.3 is 0 Å². The molecule has 1 saturated heterocycles. The first kappa shape index (κ1) is 17.7. The molecule has 0 radical (unpaired) electrons. The van der Waals surface area contributed by atoms with Gasteiger partial charge in [0.25, 0.3) is 5.91 Å². The Morgan fingerprint density at radius 1 is 1.12 bits per heavy atom. The molecule has 1 atom stereocenters. The van der Waals surface area contributed by atoms with Gasteiger partial charge in [0.1, 0.15) is 6.04 Å². The lowest BCUT2D eigenvalue weighted by Gasteiger charge is -2.24. The van der Waals surface area contributed by atoms with Crippen molar-refractivity contribution in [2.45, 2.75) is 32.2 Å². The average molecular weight is 401 g/mol. The quantitative estimate of drug-likeness (QED) is 0.833. The van der Waals surface area contributed by atoms with Crippen LogP contribution in [0.2, 0.25) is 0 Å². The topological polar surface area (TPSA) is 49.4 Å². The van der Waals surface area contributed by atoms with Crippen LogP contribution in [0.5, 0.6) is 0 Å². The summed E-state index contributed by atoms with van der Waals surface area (Å²) in [6.45, 7) is 2.70. The Balaban J connectivity index is 1.71. The Morgan fingerprint density at radius 2 is 1.80 bits per heavy atom. The first-order valence-corrected chi connectivity index (χ1v) is 9.34. The van der Waals surface area contributed by atoms with Crippen LogP contribution < -0.4 is 5.32 Å². The largest absolute Gasteiger partial charge is 0.327 e. The Hall–Kier alpha value is -2.14. The van der Waals surface area contributed by atoms with E-state index in [9.17, 15) is 9.59 Å². The number of carbonyl (C=O) groups excluding carboxylic acids is 2. The third-order valence-corrected chi connectivity index (χ3v) is 5.07. The van der Waals surface area contributed by atoms with E-state index in [2.05, 4.69) is 28.2 Å². The Bertz CT molecular complexity index is 756.